The number of hydrogen-bond acceptors (Lipinski definition) is 3. The summed E-state index contributed by atoms with van der Waals surface area (Å²) < 4.78 is 19.8. The van der Waals surface area contributed by atoms with E-state index in [1.165, 1.54) is 12.1 Å². The predicted molar refractivity (Wildman–Crippen MR) is 70.5 cm³/mol. The van der Waals surface area contributed by atoms with E-state index < -0.39 is 5.82 Å². The Kier molecular flexibility index (Phi) is 3.63. The first kappa shape index (κ1) is 12.3. The average Bonchev–Trinajstić information content (AvgIpc) is 2.29. The Balaban J connectivity index is 2.30. The Morgan fingerprint density at radius 1 is 1.24 bits per heavy atom. The molecular formula is C11H7Br2FN2O. The van der Waals surface area contributed by atoms with E-state index in [-0.39, 0.29) is 5.75 Å². The highest BCUT2D eigenvalue weighted by atomic mass is 79.9. The van der Waals surface area contributed by atoms with Crippen LogP contribution in [0.2, 0.25) is 0 Å². The highest BCUT2D eigenvalue weighted by Crippen LogP contribution is 2.31. The van der Waals surface area contributed by atoms with Crippen LogP contribution in [0.5, 0.6) is 11.6 Å². The van der Waals surface area contributed by atoms with Crippen LogP contribution in [0.1, 0.15) is 0 Å². The molecule has 0 saturated carbocycles. The first-order chi connectivity index (χ1) is 8.06. The van der Waals surface area contributed by atoms with Gasteiger partial charge in [-0.3, -0.25) is 0 Å². The van der Waals surface area contributed by atoms with E-state index in [0.29, 0.717) is 16.0 Å². The summed E-state index contributed by atoms with van der Waals surface area (Å²) in [6, 6.07) is 6.09. The van der Waals surface area contributed by atoms with Gasteiger partial charge >= 0.3 is 0 Å². The molecule has 0 bridgehead atoms. The van der Waals surface area contributed by atoms with Crippen LogP contribution >= 0.6 is 31.9 Å². The van der Waals surface area contributed by atoms with Crippen LogP contribution in [0.3, 0.4) is 0 Å². The molecule has 3 nitrogen and oxygen atoms in total. The molecule has 1 aromatic carbocycles. The van der Waals surface area contributed by atoms with Crippen LogP contribution < -0.4 is 10.5 Å². The molecule has 1 heterocycles. The minimum Gasteiger partial charge on any atom is -0.437 e. The van der Waals surface area contributed by atoms with E-state index in [1.807, 2.05) is 0 Å². The van der Waals surface area contributed by atoms with Crippen molar-refractivity contribution in [2.45, 2.75) is 0 Å². The summed E-state index contributed by atoms with van der Waals surface area (Å²) in [7, 11) is 0. The van der Waals surface area contributed by atoms with Gasteiger partial charge in [-0.25, -0.2) is 9.37 Å². The topological polar surface area (TPSA) is 48.1 Å². The number of nitrogens with two attached hydrogens (primary N) is 1. The fraction of sp³-hybridized carbons (Fsp3) is 0. The van der Waals surface area contributed by atoms with Crippen LogP contribution in [0.25, 0.3) is 0 Å². The molecule has 0 fully saturated rings. The van der Waals surface area contributed by atoms with Crippen molar-refractivity contribution in [3.8, 4) is 11.6 Å². The van der Waals surface area contributed by atoms with Crippen molar-refractivity contribution in [3.05, 3.63) is 45.2 Å². The van der Waals surface area contributed by atoms with Crippen molar-refractivity contribution in [3.63, 3.8) is 0 Å². The Hall–Kier alpha value is -1.14. The van der Waals surface area contributed by atoms with Gasteiger partial charge in [-0.2, -0.15) is 0 Å². The number of ether oxygens (including phenoxy) is 1. The molecule has 17 heavy (non-hydrogen) atoms. The molecule has 0 radical (unpaired) electrons. The van der Waals surface area contributed by atoms with Crippen LogP contribution in [0.15, 0.2) is 39.4 Å². The van der Waals surface area contributed by atoms with Gasteiger partial charge in [0.2, 0.25) is 5.88 Å². The first-order valence-electron chi connectivity index (χ1n) is 4.60. The molecule has 0 amide bonds. The molecule has 0 unspecified atom stereocenters. The Bertz CT molecular complexity index is 546. The largest absolute Gasteiger partial charge is 0.437 e. The van der Waals surface area contributed by atoms with Gasteiger partial charge in [0.25, 0.3) is 0 Å². The maximum Gasteiger partial charge on any atom is 0.219 e. The van der Waals surface area contributed by atoms with Gasteiger partial charge in [-0.15, -0.1) is 0 Å². The van der Waals surface area contributed by atoms with Crippen molar-refractivity contribution < 1.29 is 9.13 Å². The number of anilines is 1. The molecule has 0 aliphatic rings. The highest BCUT2D eigenvalue weighted by Gasteiger charge is 2.08. The SMILES string of the molecule is Nc1cc(Br)c(F)cc1Oc1ccc(Br)cn1. The summed E-state index contributed by atoms with van der Waals surface area (Å²) in [5.74, 6) is 0.147. The molecule has 0 spiro atoms. The number of hydrogen-bond donors (Lipinski definition) is 1. The van der Waals surface area contributed by atoms with Gasteiger partial charge in [0.05, 0.1) is 10.2 Å². The smallest absolute Gasteiger partial charge is 0.219 e. The van der Waals surface area contributed by atoms with E-state index in [4.69, 9.17) is 10.5 Å². The summed E-state index contributed by atoms with van der Waals surface area (Å²) >= 11 is 6.30. The third-order valence-corrected chi connectivity index (χ3v) is 3.04. The molecule has 2 aromatic rings. The van der Waals surface area contributed by atoms with E-state index >= 15 is 0 Å². The Morgan fingerprint density at radius 3 is 2.65 bits per heavy atom. The molecular weight excluding hydrogens is 355 g/mol. The molecule has 0 aliphatic carbocycles. The number of nitrogen functional groups attached to an aromatic ring is 1. The van der Waals surface area contributed by atoms with Gasteiger partial charge in [-0.1, -0.05) is 0 Å². The fourth-order valence-corrected chi connectivity index (χ4v) is 1.76. The number of rotatable bonds is 2. The zero-order valence-electron chi connectivity index (χ0n) is 8.45. The predicted octanol–water partition coefficient (Wildman–Crippen LogP) is 4.12. The van der Waals surface area contributed by atoms with Crippen LogP contribution in [-0.2, 0) is 0 Å². The number of benzene rings is 1. The van der Waals surface area contributed by atoms with Crippen LogP contribution in [0, 0.1) is 5.82 Å². The van der Waals surface area contributed by atoms with Gasteiger partial charge < -0.3 is 10.5 Å². The second kappa shape index (κ2) is 5.01. The van der Waals surface area contributed by atoms with Gasteiger partial charge in [0.1, 0.15) is 5.82 Å². The zero-order chi connectivity index (χ0) is 12.4. The maximum absolute atomic E-state index is 13.3. The lowest BCUT2D eigenvalue weighted by molar-refractivity contribution is 0.460. The second-order valence-corrected chi connectivity index (χ2v) is 4.99. The Labute approximate surface area is 114 Å². The quantitative estimate of drug-likeness (QED) is 0.818. The number of pyridine rings is 1. The summed E-state index contributed by atoms with van der Waals surface area (Å²) in [4.78, 5) is 4.01. The van der Waals surface area contributed by atoms with E-state index in [2.05, 4.69) is 36.8 Å². The molecule has 6 heteroatoms. The molecule has 0 aliphatic heterocycles. The van der Waals surface area contributed by atoms with Gasteiger partial charge in [-0.05, 0) is 44.0 Å². The van der Waals surface area contributed by atoms with Crippen molar-refractivity contribution in [2.24, 2.45) is 0 Å². The maximum atomic E-state index is 13.3. The molecule has 2 N–H and O–H groups in total. The molecule has 0 saturated heterocycles. The lowest BCUT2D eigenvalue weighted by Gasteiger charge is -2.08. The summed E-state index contributed by atoms with van der Waals surface area (Å²) in [5, 5.41) is 0. The first-order valence-corrected chi connectivity index (χ1v) is 6.19. The normalized spacial score (nSPS) is 10.3. The second-order valence-electron chi connectivity index (χ2n) is 3.22. The van der Waals surface area contributed by atoms with Crippen molar-refractivity contribution >= 4 is 37.5 Å². The lowest BCUT2D eigenvalue weighted by Crippen LogP contribution is -1.95. The van der Waals surface area contributed by atoms with Crippen molar-refractivity contribution in [1.29, 1.82) is 0 Å². The van der Waals surface area contributed by atoms with Crippen LogP contribution in [-0.4, -0.2) is 4.98 Å². The monoisotopic (exact) mass is 360 g/mol. The lowest BCUT2D eigenvalue weighted by atomic mass is 10.3. The number of nitrogens with zero attached hydrogens (tertiary/aromatic N) is 1. The van der Waals surface area contributed by atoms with E-state index in [1.54, 1.807) is 18.3 Å². The van der Waals surface area contributed by atoms with E-state index in [0.717, 1.165) is 4.47 Å². The van der Waals surface area contributed by atoms with Crippen LogP contribution in [0.4, 0.5) is 10.1 Å². The van der Waals surface area contributed by atoms with Crippen molar-refractivity contribution in [1.82, 2.24) is 4.98 Å². The average molecular weight is 362 g/mol. The minimum atomic E-state index is -0.439. The van der Waals surface area contributed by atoms with Gasteiger partial charge in [0.15, 0.2) is 5.75 Å². The molecule has 1 aromatic heterocycles. The zero-order valence-corrected chi connectivity index (χ0v) is 11.6. The third kappa shape index (κ3) is 2.95. The molecule has 88 valence electrons. The van der Waals surface area contributed by atoms with Gasteiger partial charge in [0, 0.05) is 22.8 Å². The van der Waals surface area contributed by atoms with Crippen molar-refractivity contribution in [2.75, 3.05) is 5.73 Å². The summed E-state index contributed by atoms with van der Waals surface area (Å²) in [6.07, 6.45) is 1.58. The Morgan fingerprint density at radius 2 is 2.00 bits per heavy atom. The third-order valence-electron chi connectivity index (χ3n) is 1.97. The number of halogens is 3. The molecule has 0 atom stereocenters. The molecule has 2 rings (SSSR count). The minimum absolute atomic E-state index is 0.237. The fourth-order valence-electron chi connectivity index (χ4n) is 1.17. The standard InChI is InChI=1S/C11H7Br2FN2O/c12-6-1-2-11(16-5-6)17-10-4-8(14)7(13)3-9(10)15/h1-5H,15H2. The summed E-state index contributed by atoms with van der Waals surface area (Å²) in [5.41, 5.74) is 6.05. The number of aromatic nitrogens is 1. The summed E-state index contributed by atoms with van der Waals surface area (Å²) in [6.45, 7) is 0. The van der Waals surface area contributed by atoms with E-state index in [9.17, 15) is 4.39 Å². The highest BCUT2D eigenvalue weighted by molar-refractivity contribution is 9.10.